The van der Waals surface area contributed by atoms with E-state index in [0.29, 0.717) is 17.5 Å². The summed E-state index contributed by atoms with van der Waals surface area (Å²) in [6.45, 7) is 3.48. The fourth-order valence-corrected chi connectivity index (χ4v) is 3.19. The number of rotatable bonds is 4. The number of aromatic nitrogens is 1. The number of nitrogens with zero attached hydrogens (tertiary/aromatic N) is 2. The van der Waals surface area contributed by atoms with Gasteiger partial charge in [-0.05, 0) is 50.6 Å². The van der Waals surface area contributed by atoms with Crippen molar-refractivity contribution >= 4 is 11.6 Å². The normalized spacial score (nSPS) is 21.0. The minimum absolute atomic E-state index is 0.194. The van der Waals surface area contributed by atoms with Gasteiger partial charge in [-0.25, -0.2) is 4.98 Å². The van der Waals surface area contributed by atoms with E-state index < -0.39 is 0 Å². The van der Waals surface area contributed by atoms with Crippen molar-refractivity contribution in [3.63, 3.8) is 0 Å². The van der Waals surface area contributed by atoms with Crippen molar-refractivity contribution in [1.82, 2.24) is 9.88 Å². The molecule has 0 aliphatic carbocycles. The molecule has 0 spiro atoms. The van der Waals surface area contributed by atoms with Crippen molar-refractivity contribution in [1.29, 1.82) is 0 Å². The summed E-state index contributed by atoms with van der Waals surface area (Å²) in [5.74, 6) is 1.44. The van der Waals surface area contributed by atoms with Crippen LogP contribution in [0.3, 0.4) is 0 Å². The van der Waals surface area contributed by atoms with E-state index in [0.717, 1.165) is 30.7 Å². The van der Waals surface area contributed by atoms with E-state index in [2.05, 4.69) is 9.88 Å². The molecule has 1 aromatic carbocycles. The van der Waals surface area contributed by atoms with E-state index in [1.165, 1.54) is 6.42 Å². The van der Waals surface area contributed by atoms with Gasteiger partial charge in [0.25, 0.3) is 0 Å². The Balaban J connectivity index is 1.72. The first-order chi connectivity index (χ1) is 10.6. The fraction of sp³-hybridized carbons (Fsp3) is 0.471. The molecule has 1 aliphatic rings. The lowest BCUT2D eigenvalue weighted by atomic mass is 9.98. The van der Waals surface area contributed by atoms with E-state index in [4.69, 9.17) is 16.0 Å². The lowest BCUT2D eigenvalue weighted by molar-refractivity contribution is 0.0271. The van der Waals surface area contributed by atoms with Crippen LogP contribution in [0.2, 0.25) is 5.02 Å². The topological polar surface area (TPSA) is 49.5 Å². The SMILES string of the molecule is CC(O)C1CCCCN1Cc1ncc(-c2ccc(Cl)cc2)o1. The smallest absolute Gasteiger partial charge is 0.209 e. The maximum atomic E-state index is 9.93. The van der Waals surface area contributed by atoms with Gasteiger partial charge >= 0.3 is 0 Å². The highest BCUT2D eigenvalue weighted by Gasteiger charge is 2.27. The van der Waals surface area contributed by atoms with Gasteiger partial charge in [0.2, 0.25) is 5.89 Å². The number of hydrogen-bond donors (Lipinski definition) is 1. The molecule has 1 fully saturated rings. The number of aliphatic hydroxyl groups is 1. The summed E-state index contributed by atoms with van der Waals surface area (Å²) in [5, 5.41) is 10.6. The second kappa shape index (κ2) is 6.82. The van der Waals surface area contributed by atoms with Gasteiger partial charge in [0, 0.05) is 16.6 Å². The standard InChI is InChI=1S/C17H21ClN2O2/c1-12(21)15-4-2-3-9-20(15)11-17-19-10-16(22-17)13-5-7-14(18)8-6-13/h5-8,10,12,15,21H,2-4,9,11H2,1H3. The third-order valence-corrected chi connectivity index (χ3v) is 4.49. The molecular weight excluding hydrogens is 300 g/mol. The van der Waals surface area contributed by atoms with E-state index in [-0.39, 0.29) is 12.1 Å². The quantitative estimate of drug-likeness (QED) is 0.932. The minimum atomic E-state index is -0.328. The van der Waals surface area contributed by atoms with E-state index >= 15 is 0 Å². The van der Waals surface area contributed by atoms with Crippen LogP contribution in [0.4, 0.5) is 0 Å². The lowest BCUT2D eigenvalue weighted by Crippen LogP contribution is -2.45. The average Bonchev–Trinajstić information content (AvgIpc) is 2.97. The highest BCUT2D eigenvalue weighted by Crippen LogP contribution is 2.25. The van der Waals surface area contributed by atoms with E-state index in [1.54, 1.807) is 6.20 Å². The molecule has 22 heavy (non-hydrogen) atoms. The Bertz CT molecular complexity index is 609. The van der Waals surface area contributed by atoms with E-state index in [9.17, 15) is 5.11 Å². The van der Waals surface area contributed by atoms with Crippen LogP contribution in [0.15, 0.2) is 34.9 Å². The summed E-state index contributed by atoms with van der Waals surface area (Å²) in [4.78, 5) is 6.65. The molecule has 3 rings (SSSR count). The highest BCUT2D eigenvalue weighted by molar-refractivity contribution is 6.30. The molecule has 1 aromatic heterocycles. The van der Waals surface area contributed by atoms with Crippen molar-refractivity contribution in [2.75, 3.05) is 6.54 Å². The lowest BCUT2D eigenvalue weighted by Gasteiger charge is -2.36. The Labute approximate surface area is 135 Å². The molecule has 2 heterocycles. The number of benzene rings is 1. The third-order valence-electron chi connectivity index (χ3n) is 4.24. The fourth-order valence-electron chi connectivity index (χ4n) is 3.06. The summed E-state index contributed by atoms with van der Waals surface area (Å²) >= 11 is 5.90. The molecule has 1 saturated heterocycles. The van der Waals surface area contributed by atoms with Crippen LogP contribution >= 0.6 is 11.6 Å². The van der Waals surface area contributed by atoms with Gasteiger partial charge in [0.05, 0.1) is 18.8 Å². The summed E-state index contributed by atoms with van der Waals surface area (Å²) in [7, 11) is 0. The number of oxazole rings is 1. The zero-order valence-electron chi connectivity index (χ0n) is 12.7. The molecule has 1 aliphatic heterocycles. The van der Waals surface area contributed by atoms with Crippen molar-refractivity contribution in [3.05, 3.63) is 41.4 Å². The Hall–Kier alpha value is -1.36. The Morgan fingerprint density at radius 3 is 2.86 bits per heavy atom. The van der Waals surface area contributed by atoms with E-state index in [1.807, 2.05) is 31.2 Å². The molecule has 0 saturated carbocycles. The van der Waals surface area contributed by atoms with Gasteiger partial charge in [-0.3, -0.25) is 4.90 Å². The van der Waals surface area contributed by atoms with Crippen LogP contribution in [0, 0.1) is 0 Å². The molecule has 2 unspecified atom stereocenters. The first-order valence-corrected chi connectivity index (χ1v) is 8.14. The molecule has 0 amide bonds. The Kier molecular flexibility index (Phi) is 4.81. The summed E-state index contributed by atoms with van der Waals surface area (Å²) in [5.41, 5.74) is 0.967. The second-order valence-corrected chi connectivity index (χ2v) is 6.34. The second-order valence-electron chi connectivity index (χ2n) is 5.90. The largest absolute Gasteiger partial charge is 0.439 e. The molecule has 0 bridgehead atoms. The number of aliphatic hydroxyl groups excluding tert-OH is 1. The zero-order valence-corrected chi connectivity index (χ0v) is 13.5. The zero-order chi connectivity index (χ0) is 15.5. The average molecular weight is 321 g/mol. The maximum absolute atomic E-state index is 9.93. The number of hydrogen-bond acceptors (Lipinski definition) is 4. The molecule has 4 nitrogen and oxygen atoms in total. The number of piperidine rings is 1. The predicted octanol–water partition coefficient (Wildman–Crippen LogP) is 3.73. The monoisotopic (exact) mass is 320 g/mol. The van der Waals surface area contributed by atoms with Crippen molar-refractivity contribution < 1.29 is 9.52 Å². The molecule has 5 heteroatoms. The molecule has 0 radical (unpaired) electrons. The molecular formula is C17H21ClN2O2. The molecule has 1 N–H and O–H groups in total. The minimum Gasteiger partial charge on any atom is -0.439 e. The van der Waals surface area contributed by atoms with Crippen LogP contribution < -0.4 is 0 Å². The maximum Gasteiger partial charge on any atom is 0.209 e. The van der Waals surface area contributed by atoms with Crippen LogP contribution in [-0.2, 0) is 6.54 Å². The summed E-state index contributed by atoms with van der Waals surface area (Å²) < 4.78 is 5.86. The van der Waals surface area contributed by atoms with Crippen LogP contribution in [0.5, 0.6) is 0 Å². The van der Waals surface area contributed by atoms with Gasteiger partial charge in [0.1, 0.15) is 0 Å². The molecule has 118 valence electrons. The predicted molar refractivity (Wildman–Crippen MR) is 86.7 cm³/mol. The Morgan fingerprint density at radius 2 is 2.14 bits per heavy atom. The van der Waals surface area contributed by atoms with Gasteiger partial charge in [-0.2, -0.15) is 0 Å². The number of halogens is 1. The van der Waals surface area contributed by atoms with Crippen molar-refractivity contribution in [3.8, 4) is 11.3 Å². The van der Waals surface area contributed by atoms with Crippen LogP contribution in [-0.4, -0.2) is 33.7 Å². The van der Waals surface area contributed by atoms with Gasteiger partial charge in [0.15, 0.2) is 5.76 Å². The van der Waals surface area contributed by atoms with Gasteiger partial charge in [-0.1, -0.05) is 18.0 Å². The molecule has 2 atom stereocenters. The van der Waals surface area contributed by atoms with Crippen LogP contribution in [0.1, 0.15) is 32.1 Å². The molecule has 2 aromatic rings. The van der Waals surface area contributed by atoms with Crippen molar-refractivity contribution in [2.45, 2.75) is 44.9 Å². The Morgan fingerprint density at radius 1 is 1.36 bits per heavy atom. The summed E-state index contributed by atoms with van der Waals surface area (Å²) in [6.07, 6.45) is 4.79. The summed E-state index contributed by atoms with van der Waals surface area (Å²) in [6, 6.07) is 7.72. The third kappa shape index (κ3) is 3.51. The van der Waals surface area contributed by atoms with Crippen LogP contribution in [0.25, 0.3) is 11.3 Å². The van der Waals surface area contributed by atoms with Gasteiger partial charge in [-0.15, -0.1) is 0 Å². The highest BCUT2D eigenvalue weighted by atomic mass is 35.5. The first kappa shape index (κ1) is 15.5. The van der Waals surface area contributed by atoms with Crippen molar-refractivity contribution in [2.24, 2.45) is 0 Å². The van der Waals surface area contributed by atoms with Gasteiger partial charge < -0.3 is 9.52 Å². The first-order valence-electron chi connectivity index (χ1n) is 7.76. The number of likely N-dealkylation sites (tertiary alicyclic amines) is 1.